The molecule has 3 nitrogen and oxygen atoms in total. The van der Waals surface area contributed by atoms with E-state index < -0.39 is 34.8 Å². The van der Waals surface area contributed by atoms with Gasteiger partial charge in [0.25, 0.3) is 0 Å². The second-order valence-corrected chi connectivity index (χ2v) is 2.88. The van der Waals surface area contributed by atoms with Crippen molar-refractivity contribution >= 4 is 11.7 Å². The van der Waals surface area contributed by atoms with Gasteiger partial charge in [0.05, 0.1) is 12.7 Å². The van der Waals surface area contributed by atoms with Gasteiger partial charge in [0.15, 0.2) is 0 Å². The minimum absolute atomic E-state index is 0.486. The molecule has 0 amide bonds. The molecule has 0 aromatic heterocycles. The number of benzene rings is 1. The SMILES string of the molecule is COC(=O)c1c(N)ccc(F)c1C(F)(F)F. The summed E-state index contributed by atoms with van der Waals surface area (Å²) in [4.78, 5) is 11.1. The number of carbonyl (C=O) groups is 1. The highest BCUT2D eigenvalue weighted by Gasteiger charge is 2.40. The van der Waals surface area contributed by atoms with Crippen molar-refractivity contribution in [3.8, 4) is 0 Å². The molecular weight excluding hydrogens is 230 g/mol. The molecule has 1 aromatic rings. The number of hydrogen-bond donors (Lipinski definition) is 1. The summed E-state index contributed by atoms with van der Waals surface area (Å²) in [5, 5.41) is 0. The van der Waals surface area contributed by atoms with Crippen LogP contribution < -0.4 is 5.73 Å². The van der Waals surface area contributed by atoms with Crippen LogP contribution in [-0.2, 0) is 10.9 Å². The van der Waals surface area contributed by atoms with Gasteiger partial charge in [-0.25, -0.2) is 9.18 Å². The molecule has 88 valence electrons. The van der Waals surface area contributed by atoms with Crippen LogP contribution in [0.15, 0.2) is 12.1 Å². The Balaban J connectivity index is 3.56. The van der Waals surface area contributed by atoms with Crippen LogP contribution in [0, 0.1) is 5.82 Å². The smallest absolute Gasteiger partial charge is 0.420 e. The first-order chi connectivity index (χ1) is 7.29. The van der Waals surface area contributed by atoms with E-state index in [1.54, 1.807) is 0 Å². The van der Waals surface area contributed by atoms with Gasteiger partial charge in [-0.1, -0.05) is 0 Å². The van der Waals surface area contributed by atoms with E-state index in [1.807, 2.05) is 0 Å². The van der Waals surface area contributed by atoms with Crippen molar-refractivity contribution in [2.24, 2.45) is 0 Å². The standard InChI is InChI=1S/C9H7F4NO2/c1-16-8(15)6-5(14)3-2-4(10)7(6)9(11,12)13/h2-3H,14H2,1H3. The molecule has 0 aliphatic carbocycles. The number of nitrogens with two attached hydrogens (primary N) is 1. The summed E-state index contributed by atoms with van der Waals surface area (Å²) >= 11 is 0. The maximum Gasteiger partial charge on any atom is 0.420 e. The van der Waals surface area contributed by atoms with E-state index in [-0.39, 0.29) is 0 Å². The molecule has 0 heterocycles. The lowest BCUT2D eigenvalue weighted by molar-refractivity contribution is -0.140. The molecule has 0 bridgehead atoms. The molecule has 0 aliphatic rings. The summed E-state index contributed by atoms with van der Waals surface area (Å²) < 4.78 is 54.6. The van der Waals surface area contributed by atoms with Gasteiger partial charge in [-0.05, 0) is 12.1 Å². The Bertz CT molecular complexity index is 428. The predicted molar refractivity (Wildman–Crippen MR) is 47.2 cm³/mol. The molecular formula is C9H7F4NO2. The summed E-state index contributed by atoms with van der Waals surface area (Å²) in [7, 11) is 0.882. The quantitative estimate of drug-likeness (QED) is 0.463. The van der Waals surface area contributed by atoms with E-state index in [1.165, 1.54) is 0 Å². The minimum Gasteiger partial charge on any atom is -0.465 e. The van der Waals surface area contributed by atoms with Crippen LogP contribution in [0.1, 0.15) is 15.9 Å². The fraction of sp³-hybridized carbons (Fsp3) is 0.222. The average Bonchev–Trinajstić information content (AvgIpc) is 2.18. The third-order valence-corrected chi connectivity index (χ3v) is 1.86. The predicted octanol–water partition coefficient (Wildman–Crippen LogP) is 2.21. The van der Waals surface area contributed by atoms with Crippen LogP contribution in [0.2, 0.25) is 0 Å². The molecule has 2 N–H and O–H groups in total. The Labute approximate surface area is 87.8 Å². The summed E-state index contributed by atoms with van der Waals surface area (Å²) in [5.74, 6) is -2.90. The molecule has 0 radical (unpaired) electrons. The average molecular weight is 237 g/mol. The lowest BCUT2D eigenvalue weighted by atomic mass is 10.0. The zero-order chi connectivity index (χ0) is 12.5. The highest BCUT2D eigenvalue weighted by molar-refractivity contribution is 5.97. The molecule has 0 fully saturated rings. The third kappa shape index (κ3) is 2.07. The van der Waals surface area contributed by atoms with E-state index >= 15 is 0 Å². The maximum atomic E-state index is 13.0. The number of nitrogen functional groups attached to an aromatic ring is 1. The molecule has 0 spiro atoms. The van der Waals surface area contributed by atoms with Crippen LogP contribution >= 0.6 is 0 Å². The molecule has 0 atom stereocenters. The zero-order valence-electron chi connectivity index (χ0n) is 8.06. The largest absolute Gasteiger partial charge is 0.465 e. The van der Waals surface area contributed by atoms with Gasteiger partial charge in [0.2, 0.25) is 0 Å². The molecule has 0 aliphatic heterocycles. The van der Waals surface area contributed by atoms with Crippen LogP contribution in [0.25, 0.3) is 0 Å². The minimum atomic E-state index is -5.01. The molecule has 0 unspecified atom stereocenters. The Morgan fingerprint density at radius 2 is 1.94 bits per heavy atom. The summed E-state index contributed by atoms with van der Waals surface area (Å²) in [6, 6.07) is 1.42. The van der Waals surface area contributed by atoms with E-state index in [2.05, 4.69) is 4.74 Å². The van der Waals surface area contributed by atoms with Crippen molar-refractivity contribution in [1.29, 1.82) is 0 Å². The lowest BCUT2D eigenvalue weighted by Crippen LogP contribution is -2.18. The van der Waals surface area contributed by atoms with Crippen molar-refractivity contribution in [3.63, 3.8) is 0 Å². The second-order valence-electron chi connectivity index (χ2n) is 2.88. The number of carbonyl (C=O) groups excluding carboxylic acids is 1. The summed E-state index contributed by atoms with van der Waals surface area (Å²) in [5.41, 5.74) is 2.00. The number of rotatable bonds is 1. The number of anilines is 1. The van der Waals surface area contributed by atoms with Crippen molar-refractivity contribution in [3.05, 3.63) is 29.1 Å². The van der Waals surface area contributed by atoms with Crippen molar-refractivity contribution in [1.82, 2.24) is 0 Å². The summed E-state index contributed by atoms with van der Waals surface area (Å²) in [6.45, 7) is 0. The van der Waals surface area contributed by atoms with E-state index in [0.29, 0.717) is 6.07 Å². The van der Waals surface area contributed by atoms with Gasteiger partial charge < -0.3 is 10.5 Å². The van der Waals surface area contributed by atoms with Gasteiger partial charge >= 0.3 is 12.1 Å². The van der Waals surface area contributed by atoms with E-state index in [0.717, 1.165) is 13.2 Å². The Morgan fingerprint density at radius 1 is 1.38 bits per heavy atom. The van der Waals surface area contributed by atoms with E-state index in [4.69, 9.17) is 5.73 Å². The molecule has 16 heavy (non-hydrogen) atoms. The molecule has 1 aromatic carbocycles. The Hall–Kier alpha value is -1.79. The van der Waals surface area contributed by atoms with E-state index in [9.17, 15) is 22.4 Å². The number of hydrogen-bond acceptors (Lipinski definition) is 3. The monoisotopic (exact) mass is 237 g/mol. The number of esters is 1. The number of alkyl halides is 3. The molecule has 0 saturated carbocycles. The lowest BCUT2D eigenvalue weighted by Gasteiger charge is -2.13. The first-order valence-electron chi connectivity index (χ1n) is 4.02. The van der Waals surface area contributed by atoms with Gasteiger partial charge in [0.1, 0.15) is 11.4 Å². The van der Waals surface area contributed by atoms with Gasteiger partial charge in [-0.15, -0.1) is 0 Å². The molecule has 0 saturated heterocycles. The molecule has 1 rings (SSSR count). The van der Waals surface area contributed by atoms with Gasteiger partial charge in [-0.2, -0.15) is 13.2 Å². The highest BCUT2D eigenvalue weighted by atomic mass is 19.4. The summed E-state index contributed by atoms with van der Waals surface area (Å²) in [6.07, 6.45) is -5.01. The van der Waals surface area contributed by atoms with Crippen LogP contribution in [-0.4, -0.2) is 13.1 Å². The van der Waals surface area contributed by atoms with Crippen molar-refractivity contribution < 1.29 is 27.1 Å². The fourth-order valence-electron chi connectivity index (χ4n) is 1.19. The zero-order valence-corrected chi connectivity index (χ0v) is 8.06. The van der Waals surface area contributed by atoms with Gasteiger partial charge in [-0.3, -0.25) is 0 Å². The van der Waals surface area contributed by atoms with Crippen molar-refractivity contribution in [2.45, 2.75) is 6.18 Å². The van der Waals surface area contributed by atoms with Gasteiger partial charge in [0, 0.05) is 5.69 Å². The van der Waals surface area contributed by atoms with Crippen LogP contribution in [0.3, 0.4) is 0 Å². The van der Waals surface area contributed by atoms with Crippen molar-refractivity contribution in [2.75, 3.05) is 12.8 Å². The first kappa shape index (κ1) is 12.3. The fourth-order valence-corrected chi connectivity index (χ4v) is 1.19. The topological polar surface area (TPSA) is 52.3 Å². The maximum absolute atomic E-state index is 13.0. The third-order valence-electron chi connectivity index (χ3n) is 1.86. The number of halogens is 4. The normalized spacial score (nSPS) is 11.3. The highest BCUT2D eigenvalue weighted by Crippen LogP contribution is 2.36. The second kappa shape index (κ2) is 3.99. The Kier molecular flexibility index (Phi) is 3.06. The molecule has 7 heteroatoms. The van der Waals surface area contributed by atoms with Crippen LogP contribution in [0.5, 0.6) is 0 Å². The number of methoxy groups -OCH3 is 1. The van der Waals surface area contributed by atoms with Crippen LogP contribution in [0.4, 0.5) is 23.2 Å². The first-order valence-corrected chi connectivity index (χ1v) is 4.02. The Morgan fingerprint density at radius 3 is 2.38 bits per heavy atom. The number of ether oxygens (including phenoxy) is 1.